The molecule has 0 saturated carbocycles. The second kappa shape index (κ2) is 9.12. The first kappa shape index (κ1) is 21.4. The molecule has 0 atom stereocenters. The first-order valence-electron chi connectivity index (χ1n) is 10.4. The van der Waals surface area contributed by atoms with Gasteiger partial charge in [0, 0.05) is 60.9 Å². The highest BCUT2D eigenvalue weighted by Crippen LogP contribution is 2.25. The summed E-state index contributed by atoms with van der Waals surface area (Å²) in [6.45, 7) is 7.73. The third kappa shape index (κ3) is 4.45. The molecular formula is C24H27ClN4O2. The fourth-order valence-electron chi connectivity index (χ4n) is 4.21. The summed E-state index contributed by atoms with van der Waals surface area (Å²) >= 11 is 6.16. The van der Waals surface area contributed by atoms with Crippen LogP contribution in [-0.4, -0.2) is 58.5 Å². The fourth-order valence-corrected chi connectivity index (χ4v) is 4.40. The smallest absolute Gasteiger partial charge is 0.255 e. The van der Waals surface area contributed by atoms with Crippen LogP contribution in [0.4, 0.5) is 0 Å². The molecule has 0 radical (unpaired) electrons. The van der Waals surface area contributed by atoms with Gasteiger partial charge in [0.15, 0.2) is 0 Å². The molecule has 2 aromatic heterocycles. The average molecular weight is 439 g/mol. The number of halogens is 1. The molecule has 31 heavy (non-hydrogen) atoms. The number of ether oxygens (including phenoxy) is 1. The van der Waals surface area contributed by atoms with E-state index in [-0.39, 0.29) is 5.91 Å². The molecule has 1 aliphatic heterocycles. The van der Waals surface area contributed by atoms with Crippen LogP contribution in [-0.2, 0) is 6.54 Å². The SMILES string of the molecule is COc1ccc(Cl)cc1CN1CCN(C(=O)c2cc(C)n(-c3ccccn3)c2C)CC1. The van der Waals surface area contributed by atoms with E-state index in [4.69, 9.17) is 16.3 Å². The van der Waals surface area contributed by atoms with Crippen LogP contribution >= 0.6 is 11.6 Å². The number of benzene rings is 1. The minimum absolute atomic E-state index is 0.0790. The van der Waals surface area contributed by atoms with E-state index >= 15 is 0 Å². The monoisotopic (exact) mass is 438 g/mol. The van der Waals surface area contributed by atoms with Crippen LogP contribution in [0.3, 0.4) is 0 Å². The van der Waals surface area contributed by atoms with Crippen molar-refractivity contribution in [1.82, 2.24) is 19.4 Å². The van der Waals surface area contributed by atoms with Gasteiger partial charge in [0.1, 0.15) is 11.6 Å². The van der Waals surface area contributed by atoms with Gasteiger partial charge in [-0.15, -0.1) is 0 Å². The summed E-state index contributed by atoms with van der Waals surface area (Å²) < 4.78 is 7.50. The lowest BCUT2D eigenvalue weighted by Crippen LogP contribution is -2.48. The maximum absolute atomic E-state index is 13.3. The Morgan fingerprint density at radius 1 is 1.10 bits per heavy atom. The Hall–Kier alpha value is -2.83. The van der Waals surface area contributed by atoms with Crippen molar-refractivity contribution in [3.8, 4) is 11.6 Å². The molecule has 1 aromatic carbocycles. The predicted molar refractivity (Wildman–Crippen MR) is 122 cm³/mol. The fraction of sp³-hybridized carbons (Fsp3) is 0.333. The van der Waals surface area contributed by atoms with Crippen molar-refractivity contribution in [3.05, 3.63) is 76.2 Å². The number of nitrogens with zero attached hydrogens (tertiary/aromatic N) is 4. The quantitative estimate of drug-likeness (QED) is 0.601. The Morgan fingerprint density at radius 3 is 2.55 bits per heavy atom. The standard InChI is InChI=1S/C24H27ClN4O2/c1-17-14-21(18(2)29(17)23-6-4-5-9-26-23)24(30)28-12-10-27(11-13-28)16-19-15-20(25)7-8-22(19)31-3/h4-9,14-15H,10-13,16H2,1-3H3. The molecule has 1 fully saturated rings. The van der Waals surface area contributed by atoms with Crippen LogP contribution in [0.1, 0.15) is 27.3 Å². The van der Waals surface area contributed by atoms with E-state index in [9.17, 15) is 4.79 Å². The highest BCUT2D eigenvalue weighted by atomic mass is 35.5. The van der Waals surface area contributed by atoms with Crippen molar-refractivity contribution >= 4 is 17.5 Å². The van der Waals surface area contributed by atoms with E-state index in [2.05, 4.69) is 9.88 Å². The Bertz CT molecular complexity index is 1070. The van der Waals surface area contributed by atoms with E-state index in [0.29, 0.717) is 18.1 Å². The number of aromatic nitrogens is 2. The maximum atomic E-state index is 13.3. The summed E-state index contributed by atoms with van der Waals surface area (Å²) in [5.74, 6) is 1.75. The number of piperazine rings is 1. The summed E-state index contributed by atoms with van der Waals surface area (Å²) in [5, 5.41) is 0.702. The second-order valence-electron chi connectivity index (χ2n) is 7.83. The summed E-state index contributed by atoms with van der Waals surface area (Å²) in [5.41, 5.74) is 3.74. The normalized spacial score (nSPS) is 14.6. The maximum Gasteiger partial charge on any atom is 0.255 e. The molecule has 0 unspecified atom stereocenters. The van der Waals surface area contributed by atoms with E-state index in [0.717, 1.165) is 53.7 Å². The minimum atomic E-state index is 0.0790. The molecule has 3 heterocycles. The zero-order valence-corrected chi connectivity index (χ0v) is 18.9. The zero-order valence-electron chi connectivity index (χ0n) is 18.1. The van der Waals surface area contributed by atoms with Crippen LogP contribution in [0, 0.1) is 13.8 Å². The molecule has 1 saturated heterocycles. The van der Waals surface area contributed by atoms with Crippen LogP contribution in [0.2, 0.25) is 5.02 Å². The highest BCUT2D eigenvalue weighted by molar-refractivity contribution is 6.30. The van der Waals surface area contributed by atoms with Crippen LogP contribution < -0.4 is 4.74 Å². The molecule has 162 valence electrons. The molecule has 3 aromatic rings. The van der Waals surface area contributed by atoms with Gasteiger partial charge in [-0.3, -0.25) is 9.69 Å². The van der Waals surface area contributed by atoms with E-state index in [1.807, 2.05) is 65.8 Å². The number of carbonyl (C=O) groups is 1. The summed E-state index contributed by atoms with van der Waals surface area (Å²) in [6, 6.07) is 13.5. The van der Waals surface area contributed by atoms with Gasteiger partial charge in [0.05, 0.1) is 12.7 Å². The molecule has 1 amide bonds. The van der Waals surface area contributed by atoms with Crippen LogP contribution in [0.15, 0.2) is 48.7 Å². The van der Waals surface area contributed by atoms with Crippen molar-refractivity contribution in [3.63, 3.8) is 0 Å². The number of rotatable bonds is 5. The van der Waals surface area contributed by atoms with Crippen molar-refractivity contribution in [2.24, 2.45) is 0 Å². The Labute approximate surface area is 188 Å². The van der Waals surface area contributed by atoms with E-state index < -0.39 is 0 Å². The summed E-state index contributed by atoms with van der Waals surface area (Å²) in [4.78, 5) is 22.0. The zero-order chi connectivity index (χ0) is 22.0. The largest absolute Gasteiger partial charge is 0.496 e. The van der Waals surface area contributed by atoms with Gasteiger partial charge >= 0.3 is 0 Å². The van der Waals surface area contributed by atoms with E-state index in [1.165, 1.54) is 0 Å². The van der Waals surface area contributed by atoms with Gasteiger partial charge in [0.2, 0.25) is 0 Å². The molecule has 4 rings (SSSR count). The van der Waals surface area contributed by atoms with E-state index in [1.54, 1.807) is 13.3 Å². The Morgan fingerprint density at radius 2 is 1.87 bits per heavy atom. The lowest BCUT2D eigenvalue weighted by Gasteiger charge is -2.35. The molecule has 1 aliphatic rings. The molecule has 7 heteroatoms. The topological polar surface area (TPSA) is 50.6 Å². The van der Waals surface area contributed by atoms with Gasteiger partial charge in [-0.1, -0.05) is 17.7 Å². The molecule has 0 bridgehead atoms. The third-order valence-electron chi connectivity index (χ3n) is 5.84. The molecule has 0 aliphatic carbocycles. The number of amides is 1. The Balaban J connectivity index is 1.44. The van der Waals surface area contributed by atoms with Gasteiger partial charge in [0.25, 0.3) is 5.91 Å². The first-order valence-corrected chi connectivity index (χ1v) is 10.8. The Kier molecular flexibility index (Phi) is 6.30. The molecular weight excluding hydrogens is 412 g/mol. The third-order valence-corrected chi connectivity index (χ3v) is 6.07. The second-order valence-corrected chi connectivity index (χ2v) is 8.27. The van der Waals surface area contributed by atoms with Gasteiger partial charge in [-0.05, 0) is 50.2 Å². The number of methoxy groups -OCH3 is 1. The van der Waals surface area contributed by atoms with Gasteiger partial charge < -0.3 is 14.2 Å². The average Bonchev–Trinajstić information content (AvgIpc) is 3.08. The van der Waals surface area contributed by atoms with Crippen molar-refractivity contribution in [2.75, 3.05) is 33.3 Å². The first-order chi connectivity index (χ1) is 15.0. The van der Waals surface area contributed by atoms with Crippen molar-refractivity contribution in [2.45, 2.75) is 20.4 Å². The number of pyridine rings is 1. The number of hydrogen-bond donors (Lipinski definition) is 0. The van der Waals surface area contributed by atoms with Crippen molar-refractivity contribution < 1.29 is 9.53 Å². The number of hydrogen-bond acceptors (Lipinski definition) is 4. The lowest BCUT2D eigenvalue weighted by atomic mass is 10.1. The van der Waals surface area contributed by atoms with Gasteiger partial charge in [-0.2, -0.15) is 0 Å². The minimum Gasteiger partial charge on any atom is -0.496 e. The highest BCUT2D eigenvalue weighted by Gasteiger charge is 2.26. The van der Waals surface area contributed by atoms with Crippen LogP contribution in [0.5, 0.6) is 5.75 Å². The molecule has 0 N–H and O–H groups in total. The lowest BCUT2D eigenvalue weighted by molar-refractivity contribution is 0.0626. The molecule has 6 nitrogen and oxygen atoms in total. The number of carbonyl (C=O) groups excluding carboxylic acids is 1. The van der Waals surface area contributed by atoms with Crippen LogP contribution in [0.25, 0.3) is 5.82 Å². The van der Waals surface area contributed by atoms with Gasteiger partial charge in [-0.25, -0.2) is 4.98 Å². The van der Waals surface area contributed by atoms with Crippen molar-refractivity contribution in [1.29, 1.82) is 0 Å². The molecule has 0 spiro atoms. The number of aryl methyl sites for hydroxylation is 1. The summed E-state index contributed by atoms with van der Waals surface area (Å²) in [6.07, 6.45) is 1.77. The summed E-state index contributed by atoms with van der Waals surface area (Å²) in [7, 11) is 1.67. The predicted octanol–water partition coefficient (Wildman–Crippen LogP) is 4.11.